The third-order valence-electron chi connectivity index (χ3n) is 4.30. The molecule has 1 fully saturated rings. The van der Waals surface area contributed by atoms with Crippen LogP contribution in [0.4, 0.5) is 0 Å². The summed E-state index contributed by atoms with van der Waals surface area (Å²) in [7, 11) is 1.86. The minimum Gasteiger partial charge on any atom is -0.352 e. The molecule has 1 N–H and O–H groups in total. The first-order valence-electron chi connectivity index (χ1n) is 8.31. The highest BCUT2D eigenvalue weighted by Crippen LogP contribution is 2.15. The van der Waals surface area contributed by atoms with Crippen LogP contribution in [-0.2, 0) is 6.54 Å². The van der Waals surface area contributed by atoms with Crippen LogP contribution in [0.5, 0.6) is 0 Å². The highest BCUT2D eigenvalue weighted by atomic mass is 15.3. The van der Waals surface area contributed by atoms with Crippen molar-refractivity contribution in [1.29, 1.82) is 0 Å². The van der Waals surface area contributed by atoms with Gasteiger partial charge in [-0.1, -0.05) is 19.1 Å². The molecular weight excluding hydrogens is 286 g/mol. The van der Waals surface area contributed by atoms with E-state index in [9.17, 15) is 0 Å². The lowest BCUT2D eigenvalue weighted by Crippen LogP contribution is -2.45. The third-order valence-corrected chi connectivity index (χ3v) is 4.30. The molecule has 0 radical (unpaired) electrons. The maximum absolute atomic E-state index is 4.45. The van der Waals surface area contributed by atoms with Crippen LogP contribution in [0.1, 0.15) is 25.3 Å². The number of guanidine groups is 1. The maximum Gasteiger partial charge on any atom is 0.193 e. The number of rotatable bonds is 3. The Balaban J connectivity index is 1.64. The Morgan fingerprint density at radius 3 is 3.04 bits per heavy atom. The number of nitrogens with zero attached hydrogens (tertiary/aromatic N) is 4. The fraction of sp³-hybridized carbons (Fsp3) is 0.444. The van der Waals surface area contributed by atoms with Crippen molar-refractivity contribution < 1.29 is 0 Å². The third kappa shape index (κ3) is 3.92. The smallest absolute Gasteiger partial charge is 0.193 e. The van der Waals surface area contributed by atoms with Crippen molar-refractivity contribution in [3.63, 3.8) is 0 Å². The molecule has 1 aromatic carbocycles. The molecule has 23 heavy (non-hydrogen) atoms. The molecule has 2 heterocycles. The maximum atomic E-state index is 4.45. The monoisotopic (exact) mass is 311 g/mol. The van der Waals surface area contributed by atoms with Gasteiger partial charge in [-0.2, -0.15) is 5.10 Å². The molecule has 1 saturated heterocycles. The lowest BCUT2D eigenvalue weighted by atomic mass is 10.0. The highest BCUT2D eigenvalue weighted by molar-refractivity contribution is 5.80. The predicted octanol–water partition coefficient (Wildman–Crippen LogP) is 2.68. The lowest BCUT2D eigenvalue weighted by molar-refractivity contribution is 0.266. The summed E-state index contributed by atoms with van der Waals surface area (Å²) >= 11 is 0. The van der Waals surface area contributed by atoms with Crippen molar-refractivity contribution in [3.8, 4) is 5.69 Å². The van der Waals surface area contributed by atoms with Crippen molar-refractivity contribution in [2.24, 2.45) is 10.9 Å². The number of hydrogen-bond acceptors (Lipinski definition) is 2. The summed E-state index contributed by atoms with van der Waals surface area (Å²) in [6.45, 7) is 5.27. The standard InChI is InChI=1S/C18H25N5/c1-15-6-4-10-22(14-15)18(19-2)20-13-16-7-3-8-17(12-16)23-11-5-9-21-23/h3,5,7-9,11-12,15H,4,6,10,13-14H2,1-2H3,(H,19,20). The number of likely N-dealkylation sites (tertiary alicyclic amines) is 1. The summed E-state index contributed by atoms with van der Waals surface area (Å²) in [4.78, 5) is 6.81. The van der Waals surface area contributed by atoms with Crippen molar-refractivity contribution >= 4 is 5.96 Å². The molecule has 0 spiro atoms. The predicted molar refractivity (Wildman–Crippen MR) is 93.7 cm³/mol. The summed E-state index contributed by atoms with van der Waals surface area (Å²) in [5, 5.41) is 7.78. The van der Waals surface area contributed by atoms with Gasteiger partial charge in [0.15, 0.2) is 5.96 Å². The van der Waals surface area contributed by atoms with Gasteiger partial charge in [-0.15, -0.1) is 0 Å². The second-order valence-corrected chi connectivity index (χ2v) is 6.21. The molecule has 1 aliphatic heterocycles. The van der Waals surface area contributed by atoms with E-state index in [0.29, 0.717) is 0 Å². The zero-order chi connectivity index (χ0) is 16.1. The van der Waals surface area contributed by atoms with Gasteiger partial charge in [-0.25, -0.2) is 4.68 Å². The molecule has 0 aliphatic carbocycles. The molecule has 1 unspecified atom stereocenters. The number of aromatic nitrogens is 2. The molecule has 0 saturated carbocycles. The molecule has 1 atom stereocenters. The Morgan fingerprint density at radius 2 is 2.30 bits per heavy atom. The summed E-state index contributed by atoms with van der Waals surface area (Å²) < 4.78 is 1.88. The van der Waals surface area contributed by atoms with Gasteiger partial charge < -0.3 is 10.2 Å². The molecule has 5 nitrogen and oxygen atoms in total. The van der Waals surface area contributed by atoms with E-state index in [1.54, 1.807) is 6.20 Å². The van der Waals surface area contributed by atoms with Crippen molar-refractivity contribution in [2.45, 2.75) is 26.3 Å². The fourth-order valence-corrected chi connectivity index (χ4v) is 3.13. The first-order valence-corrected chi connectivity index (χ1v) is 8.31. The zero-order valence-corrected chi connectivity index (χ0v) is 13.9. The SMILES string of the molecule is CN=C(NCc1cccc(-n2cccn2)c1)N1CCCC(C)C1. The van der Waals surface area contributed by atoms with Gasteiger partial charge in [0.05, 0.1) is 5.69 Å². The Kier molecular flexibility index (Phi) is 4.95. The van der Waals surface area contributed by atoms with Crippen LogP contribution >= 0.6 is 0 Å². The molecule has 0 amide bonds. The number of nitrogens with one attached hydrogen (secondary N) is 1. The van der Waals surface area contributed by atoms with Gasteiger partial charge in [0.1, 0.15) is 0 Å². The summed E-state index contributed by atoms with van der Waals surface area (Å²) in [6.07, 6.45) is 6.32. The molecule has 0 bridgehead atoms. The molecule has 3 rings (SSSR count). The second-order valence-electron chi connectivity index (χ2n) is 6.21. The fourth-order valence-electron chi connectivity index (χ4n) is 3.13. The lowest BCUT2D eigenvalue weighted by Gasteiger charge is -2.33. The van der Waals surface area contributed by atoms with Crippen LogP contribution in [0, 0.1) is 5.92 Å². The van der Waals surface area contributed by atoms with Gasteiger partial charge in [0, 0.05) is 39.1 Å². The van der Waals surface area contributed by atoms with Crippen LogP contribution in [0.15, 0.2) is 47.7 Å². The zero-order valence-electron chi connectivity index (χ0n) is 13.9. The molecule has 122 valence electrons. The van der Waals surface area contributed by atoms with Crippen LogP contribution in [-0.4, -0.2) is 40.8 Å². The first-order chi connectivity index (χ1) is 11.3. The molecule has 2 aromatic rings. The van der Waals surface area contributed by atoms with E-state index in [0.717, 1.165) is 37.2 Å². The molecular formula is C18H25N5. The Hall–Kier alpha value is -2.30. The summed E-state index contributed by atoms with van der Waals surface area (Å²) in [5.74, 6) is 1.74. The van der Waals surface area contributed by atoms with Crippen molar-refractivity contribution in [2.75, 3.05) is 20.1 Å². The Bertz CT molecular complexity index is 647. The molecule has 1 aromatic heterocycles. The Labute approximate surface area is 138 Å². The van der Waals surface area contributed by atoms with E-state index in [2.05, 4.69) is 51.5 Å². The highest BCUT2D eigenvalue weighted by Gasteiger charge is 2.18. The Morgan fingerprint density at radius 1 is 1.39 bits per heavy atom. The van der Waals surface area contributed by atoms with Crippen LogP contribution in [0.3, 0.4) is 0 Å². The average molecular weight is 311 g/mol. The normalized spacial score (nSPS) is 19.0. The number of hydrogen-bond donors (Lipinski definition) is 1. The number of aliphatic imine (C=N–C) groups is 1. The van der Waals surface area contributed by atoms with E-state index in [1.165, 1.54) is 18.4 Å². The largest absolute Gasteiger partial charge is 0.352 e. The van der Waals surface area contributed by atoms with E-state index in [1.807, 2.05) is 24.0 Å². The topological polar surface area (TPSA) is 45.5 Å². The second kappa shape index (κ2) is 7.31. The minimum atomic E-state index is 0.741. The van der Waals surface area contributed by atoms with Gasteiger partial charge in [0.25, 0.3) is 0 Å². The van der Waals surface area contributed by atoms with E-state index in [4.69, 9.17) is 0 Å². The van der Waals surface area contributed by atoms with E-state index >= 15 is 0 Å². The van der Waals surface area contributed by atoms with Crippen molar-refractivity contribution in [1.82, 2.24) is 20.0 Å². The molecule has 5 heteroatoms. The molecule has 1 aliphatic rings. The van der Waals surface area contributed by atoms with Crippen LogP contribution in [0.25, 0.3) is 5.69 Å². The van der Waals surface area contributed by atoms with Gasteiger partial charge in [-0.3, -0.25) is 4.99 Å². The minimum absolute atomic E-state index is 0.741. The van der Waals surface area contributed by atoms with E-state index in [-0.39, 0.29) is 0 Å². The number of benzene rings is 1. The summed E-state index contributed by atoms with van der Waals surface area (Å²) in [5.41, 5.74) is 2.31. The first kappa shape index (κ1) is 15.6. The summed E-state index contributed by atoms with van der Waals surface area (Å²) in [6, 6.07) is 10.4. The number of piperidine rings is 1. The quantitative estimate of drug-likeness (QED) is 0.700. The van der Waals surface area contributed by atoms with Crippen LogP contribution < -0.4 is 5.32 Å². The van der Waals surface area contributed by atoms with Gasteiger partial charge in [0.2, 0.25) is 0 Å². The van der Waals surface area contributed by atoms with Crippen LogP contribution in [0.2, 0.25) is 0 Å². The van der Waals surface area contributed by atoms with Crippen molar-refractivity contribution in [3.05, 3.63) is 48.3 Å². The average Bonchev–Trinajstić information content (AvgIpc) is 3.10. The van der Waals surface area contributed by atoms with Gasteiger partial charge >= 0.3 is 0 Å². The van der Waals surface area contributed by atoms with E-state index < -0.39 is 0 Å². The van der Waals surface area contributed by atoms with Gasteiger partial charge in [-0.05, 0) is 42.5 Å².